The number of nitrogens with zero attached hydrogens (tertiary/aromatic N) is 1. The molecular weight excluding hydrogens is 178 g/mol. The van der Waals surface area contributed by atoms with Gasteiger partial charge >= 0.3 is 0 Å². The van der Waals surface area contributed by atoms with Gasteiger partial charge in [-0.1, -0.05) is 5.16 Å². The number of nitrogens with one attached hydrogen (secondary N) is 2. The molecule has 1 aromatic heterocycles. The molecule has 1 saturated heterocycles. The Morgan fingerprint density at radius 1 is 1.57 bits per heavy atom. The van der Waals surface area contributed by atoms with E-state index in [0.717, 1.165) is 25.3 Å². The summed E-state index contributed by atoms with van der Waals surface area (Å²) in [7, 11) is 0. The molecule has 2 rings (SSSR count). The Hall–Kier alpha value is -0.870. The van der Waals surface area contributed by atoms with Crippen molar-refractivity contribution in [3.8, 4) is 0 Å². The third-order valence-electron chi connectivity index (χ3n) is 2.77. The second-order valence-corrected chi connectivity index (χ2v) is 3.83. The van der Waals surface area contributed by atoms with Gasteiger partial charge in [-0.25, -0.2) is 0 Å². The van der Waals surface area contributed by atoms with Gasteiger partial charge in [-0.2, -0.15) is 0 Å². The van der Waals surface area contributed by atoms with Crippen molar-refractivity contribution in [3.63, 3.8) is 0 Å². The van der Waals surface area contributed by atoms with Crippen molar-refractivity contribution in [2.45, 2.75) is 32.4 Å². The number of aryl methyl sites for hydroxylation is 1. The van der Waals surface area contributed by atoms with E-state index in [9.17, 15) is 0 Å². The van der Waals surface area contributed by atoms with Crippen molar-refractivity contribution in [3.05, 3.63) is 17.5 Å². The normalized spacial score (nSPS) is 18.6. The molecule has 4 heteroatoms. The summed E-state index contributed by atoms with van der Waals surface area (Å²) in [5.74, 6) is 0. The van der Waals surface area contributed by atoms with Gasteiger partial charge in [-0.05, 0) is 32.9 Å². The first-order chi connectivity index (χ1) is 6.86. The van der Waals surface area contributed by atoms with Gasteiger partial charge in [-0.15, -0.1) is 0 Å². The van der Waals surface area contributed by atoms with Crippen molar-refractivity contribution in [2.75, 3.05) is 13.1 Å². The molecule has 1 fully saturated rings. The summed E-state index contributed by atoms with van der Waals surface area (Å²) >= 11 is 0. The van der Waals surface area contributed by atoms with Crippen LogP contribution in [-0.4, -0.2) is 24.3 Å². The molecule has 1 aliphatic rings. The second-order valence-electron chi connectivity index (χ2n) is 3.83. The molecule has 78 valence electrons. The second kappa shape index (κ2) is 4.57. The van der Waals surface area contributed by atoms with Gasteiger partial charge in [0.2, 0.25) is 0 Å². The summed E-state index contributed by atoms with van der Waals surface area (Å²) in [5.41, 5.74) is 2.16. The van der Waals surface area contributed by atoms with Crippen molar-refractivity contribution in [1.82, 2.24) is 15.8 Å². The van der Waals surface area contributed by atoms with Gasteiger partial charge in [0.1, 0.15) is 6.26 Å². The molecule has 1 aromatic rings. The van der Waals surface area contributed by atoms with Gasteiger partial charge in [0.15, 0.2) is 0 Å². The van der Waals surface area contributed by atoms with Crippen LogP contribution in [0.1, 0.15) is 24.1 Å². The highest BCUT2D eigenvalue weighted by Crippen LogP contribution is 2.07. The SMILES string of the molecule is Cc1nocc1CNC1CCNCC1. The minimum Gasteiger partial charge on any atom is -0.364 e. The first kappa shape index (κ1) is 9.68. The van der Waals surface area contributed by atoms with Crippen LogP contribution in [0, 0.1) is 6.92 Å². The van der Waals surface area contributed by atoms with E-state index < -0.39 is 0 Å². The Balaban J connectivity index is 1.79. The van der Waals surface area contributed by atoms with Crippen LogP contribution in [0.5, 0.6) is 0 Å². The van der Waals surface area contributed by atoms with E-state index in [-0.39, 0.29) is 0 Å². The molecule has 0 bridgehead atoms. The Morgan fingerprint density at radius 3 is 3.00 bits per heavy atom. The molecule has 1 aliphatic heterocycles. The van der Waals surface area contributed by atoms with Crippen LogP contribution in [0.2, 0.25) is 0 Å². The Labute approximate surface area is 84.0 Å². The zero-order valence-electron chi connectivity index (χ0n) is 8.55. The lowest BCUT2D eigenvalue weighted by molar-refractivity contribution is 0.384. The molecular formula is C10H17N3O. The summed E-state index contributed by atoms with van der Waals surface area (Å²) in [5, 5.41) is 10.7. The summed E-state index contributed by atoms with van der Waals surface area (Å²) < 4.78 is 4.88. The Morgan fingerprint density at radius 2 is 2.36 bits per heavy atom. The van der Waals surface area contributed by atoms with E-state index in [1.807, 2.05) is 6.92 Å². The van der Waals surface area contributed by atoms with Crippen LogP contribution in [0.25, 0.3) is 0 Å². The number of aromatic nitrogens is 1. The maximum absolute atomic E-state index is 4.88. The highest BCUT2D eigenvalue weighted by atomic mass is 16.5. The fourth-order valence-corrected chi connectivity index (χ4v) is 1.76. The molecule has 4 nitrogen and oxygen atoms in total. The molecule has 0 amide bonds. The average Bonchev–Trinajstić information content (AvgIpc) is 2.63. The van der Waals surface area contributed by atoms with E-state index in [1.165, 1.54) is 18.4 Å². The molecule has 0 unspecified atom stereocenters. The van der Waals surface area contributed by atoms with Gasteiger partial charge < -0.3 is 15.2 Å². The van der Waals surface area contributed by atoms with Crippen LogP contribution in [0.4, 0.5) is 0 Å². The van der Waals surface area contributed by atoms with Gasteiger partial charge in [0.05, 0.1) is 5.69 Å². The quantitative estimate of drug-likeness (QED) is 0.750. The molecule has 0 aliphatic carbocycles. The maximum Gasteiger partial charge on any atom is 0.128 e. The number of rotatable bonds is 3. The third kappa shape index (κ3) is 2.33. The molecule has 0 radical (unpaired) electrons. The van der Waals surface area contributed by atoms with E-state index in [2.05, 4.69) is 15.8 Å². The molecule has 14 heavy (non-hydrogen) atoms. The number of hydrogen-bond acceptors (Lipinski definition) is 4. The van der Waals surface area contributed by atoms with Crippen LogP contribution in [0.15, 0.2) is 10.8 Å². The predicted octanol–water partition coefficient (Wildman–Crippen LogP) is 0.825. The lowest BCUT2D eigenvalue weighted by Crippen LogP contribution is -2.39. The van der Waals surface area contributed by atoms with Gasteiger partial charge in [0.25, 0.3) is 0 Å². The summed E-state index contributed by atoms with van der Waals surface area (Å²) in [6, 6.07) is 0.644. The number of hydrogen-bond donors (Lipinski definition) is 2. The molecule has 2 N–H and O–H groups in total. The van der Waals surface area contributed by atoms with Crippen molar-refractivity contribution in [1.29, 1.82) is 0 Å². The van der Waals surface area contributed by atoms with Crippen molar-refractivity contribution < 1.29 is 4.52 Å². The molecule has 0 atom stereocenters. The average molecular weight is 195 g/mol. The Kier molecular flexibility index (Phi) is 3.16. The fourth-order valence-electron chi connectivity index (χ4n) is 1.76. The molecule has 0 saturated carbocycles. The highest BCUT2D eigenvalue weighted by molar-refractivity contribution is 5.12. The summed E-state index contributed by atoms with van der Waals surface area (Å²) in [6.07, 6.45) is 4.15. The lowest BCUT2D eigenvalue weighted by Gasteiger charge is -2.23. The van der Waals surface area contributed by atoms with Crippen molar-refractivity contribution in [2.24, 2.45) is 0 Å². The molecule has 0 aromatic carbocycles. The highest BCUT2D eigenvalue weighted by Gasteiger charge is 2.12. The summed E-state index contributed by atoms with van der Waals surface area (Å²) in [4.78, 5) is 0. The van der Waals surface area contributed by atoms with E-state index in [4.69, 9.17) is 4.52 Å². The minimum atomic E-state index is 0.644. The van der Waals surface area contributed by atoms with Crippen LogP contribution >= 0.6 is 0 Å². The topological polar surface area (TPSA) is 50.1 Å². The van der Waals surface area contributed by atoms with E-state index in [1.54, 1.807) is 6.26 Å². The standard InChI is InChI=1S/C10H17N3O/c1-8-9(7-14-13-8)6-12-10-2-4-11-5-3-10/h7,10-12H,2-6H2,1H3. The summed E-state index contributed by atoms with van der Waals surface area (Å²) in [6.45, 7) is 5.10. The predicted molar refractivity (Wildman–Crippen MR) is 54.0 cm³/mol. The first-order valence-electron chi connectivity index (χ1n) is 5.20. The zero-order valence-corrected chi connectivity index (χ0v) is 8.55. The van der Waals surface area contributed by atoms with E-state index in [0.29, 0.717) is 6.04 Å². The Bertz CT molecular complexity index is 279. The zero-order chi connectivity index (χ0) is 9.80. The van der Waals surface area contributed by atoms with Gasteiger partial charge in [-0.3, -0.25) is 0 Å². The smallest absolute Gasteiger partial charge is 0.128 e. The van der Waals surface area contributed by atoms with Crippen LogP contribution in [0.3, 0.4) is 0 Å². The first-order valence-corrected chi connectivity index (χ1v) is 5.20. The maximum atomic E-state index is 4.88. The van der Waals surface area contributed by atoms with Gasteiger partial charge in [0, 0.05) is 18.2 Å². The fraction of sp³-hybridized carbons (Fsp3) is 0.700. The third-order valence-corrected chi connectivity index (χ3v) is 2.77. The van der Waals surface area contributed by atoms with Crippen LogP contribution < -0.4 is 10.6 Å². The monoisotopic (exact) mass is 195 g/mol. The van der Waals surface area contributed by atoms with Crippen LogP contribution in [-0.2, 0) is 6.54 Å². The van der Waals surface area contributed by atoms with E-state index >= 15 is 0 Å². The molecule has 2 heterocycles. The molecule has 0 spiro atoms. The minimum absolute atomic E-state index is 0.644. The lowest BCUT2D eigenvalue weighted by atomic mass is 10.1. The number of piperidine rings is 1. The van der Waals surface area contributed by atoms with Crippen molar-refractivity contribution >= 4 is 0 Å². The largest absolute Gasteiger partial charge is 0.364 e.